The van der Waals surface area contributed by atoms with Gasteiger partial charge in [-0.05, 0) is 45.4 Å². The number of carbonyl (C=O) groups excluding carboxylic acids is 2. The lowest BCUT2D eigenvalue weighted by Gasteiger charge is -2.33. The van der Waals surface area contributed by atoms with Crippen molar-refractivity contribution in [1.82, 2.24) is 5.32 Å². The Hall–Kier alpha value is -3.02. The van der Waals surface area contributed by atoms with Crippen LogP contribution in [-0.4, -0.2) is 23.6 Å². The molecule has 1 aliphatic rings. The Morgan fingerprint density at radius 1 is 1.15 bits per heavy atom. The zero-order valence-electron chi connectivity index (χ0n) is 16.1. The first-order valence-electron chi connectivity index (χ1n) is 8.98. The molecule has 0 saturated carbocycles. The van der Waals surface area contributed by atoms with Crippen LogP contribution >= 0.6 is 0 Å². The summed E-state index contributed by atoms with van der Waals surface area (Å²) in [5, 5.41) is 5.66. The number of ether oxygens (including phenoxy) is 1. The highest BCUT2D eigenvalue weighted by molar-refractivity contribution is 6.00. The van der Waals surface area contributed by atoms with Gasteiger partial charge >= 0.3 is 6.03 Å². The molecular weight excluding hydrogens is 342 g/mol. The number of rotatable bonds is 3. The Bertz CT molecular complexity index is 843. The van der Waals surface area contributed by atoms with E-state index in [9.17, 15) is 9.59 Å². The van der Waals surface area contributed by atoms with Crippen LogP contribution in [0.5, 0.6) is 5.75 Å². The predicted octanol–water partition coefficient (Wildman–Crippen LogP) is 3.92. The van der Waals surface area contributed by atoms with Gasteiger partial charge in [0.05, 0.1) is 12.2 Å². The molecule has 3 amide bonds. The number of fused-ring (bicyclic) bond motifs is 1. The van der Waals surface area contributed by atoms with E-state index in [1.165, 1.54) is 0 Å². The second kappa shape index (κ2) is 7.31. The van der Waals surface area contributed by atoms with Gasteiger partial charge in [-0.3, -0.25) is 4.79 Å². The highest BCUT2D eigenvalue weighted by Gasteiger charge is 2.31. The number of amides is 3. The molecule has 0 radical (unpaired) electrons. The Kier molecular flexibility index (Phi) is 5.08. The van der Waals surface area contributed by atoms with Crippen LogP contribution in [0.4, 0.5) is 16.2 Å². The summed E-state index contributed by atoms with van der Waals surface area (Å²) in [4.78, 5) is 26.4. The zero-order valence-corrected chi connectivity index (χ0v) is 16.1. The number of anilines is 2. The summed E-state index contributed by atoms with van der Waals surface area (Å²) < 4.78 is 5.77. The van der Waals surface area contributed by atoms with Gasteiger partial charge in [-0.2, -0.15) is 0 Å². The molecule has 2 N–H and O–H groups in total. The second-order valence-corrected chi connectivity index (χ2v) is 7.68. The minimum atomic E-state index is -0.583. The third-order valence-electron chi connectivity index (χ3n) is 4.10. The second-order valence-electron chi connectivity index (χ2n) is 7.68. The van der Waals surface area contributed by atoms with Crippen molar-refractivity contribution in [3.8, 4) is 5.75 Å². The third-order valence-corrected chi connectivity index (χ3v) is 4.10. The van der Waals surface area contributed by atoms with Crippen LogP contribution in [0.25, 0.3) is 0 Å². The highest BCUT2D eigenvalue weighted by atomic mass is 16.5. The SMILES string of the molecule is C[C@@H]1Oc2cc(NC(=O)NC(C)(C)C)ccc2N(Cc2ccccc2)C1=O. The molecule has 2 aromatic rings. The van der Waals surface area contributed by atoms with Crippen LogP contribution in [-0.2, 0) is 11.3 Å². The van der Waals surface area contributed by atoms with Crippen LogP contribution < -0.4 is 20.3 Å². The molecule has 3 rings (SSSR count). The average Bonchev–Trinajstić information content (AvgIpc) is 2.58. The number of hydrogen-bond donors (Lipinski definition) is 2. The molecule has 0 fully saturated rings. The summed E-state index contributed by atoms with van der Waals surface area (Å²) in [6.45, 7) is 7.94. The van der Waals surface area contributed by atoms with Gasteiger partial charge in [0.15, 0.2) is 6.10 Å². The normalized spacial score (nSPS) is 16.4. The number of hydrogen-bond acceptors (Lipinski definition) is 3. The maximum atomic E-state index is 12.6. The largest absolute Gasteiger partial charge is 0.479 e. The fraction of sp³-hybridized carbons (Fsp3) is 0.333. The van der Waals surface area contributed by atoms with Gasteiger partial charge in [-0.1, -0.05) is 30.3 Å². The third kappa shape index (κ3) is 4.58. The molecule has 0 aliphatic carbocycles. The summed E-state index contributed by atoms with van der Waals surface area (Å²) in [7, 11) is 0. The molecule has 1 heterocycles. The van der Waals surface area contributed by atoms with Crippen molar-refractivity contribution in [2.45, 2.75) is 45.9 Å². The van der Waals surface area contributed by atoms with Crippen LogP contribution in [0.1, 0.15) is 33.3 Å². The predicted molar refractivity (Wildman–Crippen MR) is 106 cm³/mol. The topological polar surface area (TPSA) is 70.7 Å². The van der Waals surface area contributed by atoms with E-state index >= 15 is 0 Å². The quantitative estimate of drug-likeness (QED) is 0.864. The molecule has 1 atom stereocenters. The van der Waals surface area contributed by atoms with Gasteiger partial charge in [0, 0.05) is 17.3 Å². The first-order chi connectivity index (χ1) is 12.7. The molecular formula is C21H25N3O3. The smallest absolute Gasteiger partial charge is 0.319 e. The van der Waals surface area contributed by atoms with Crippen LogP contribution in [0.2, 0.25) is 0 Å². The summed E-state index contributed by atoms with van der Waals surface area (Å²) in [6, 6.07) is 14.8. The molecule has 6 heteroatoms. The van der Waals surface area contributed by atoms with Gasteiger partial charge in [-0.25, -0.2) is 4.79 Å². The lowest BCUT2D eigenvalue weighted by molar-refractivity contribution is -0.125. The van der Waals surface area contributed by atoms with E-state index in [0.29, 0.717) is 23.7 Å². The van der Waals surface area contributed by atoms with Gasteiger partial charge in [-0.15, -0.1) is 0 Å². The highest BCUT2D eigenvalue weighted by Crippen LogP contribution is 2.37. The van der Waals surface area contributed by atoms with Crippen molar-refractivity contribution >= 4 is 23.3 Å². The number of nitrogens with one attached hydrogen (secondary N) is 2. The molecule has 6 nitrogen and oxygen atoms in total. The van der Waals surface area contributed by atoms with Crippen molar-refractivity contribution < 1.29 is 14.3 Å². The van der Waals surface area contributed by atoms with Gasteiger partial charge in [0.2, 0.25) is 0 Å². The van der Waals surface area contributed by atoms with E-state index in [2.05, 4.69) is 10.6 Å². The summed E-state index contributed by atoms with van der Waals surface area (Å²) in [5.41, 5.74) is 2.01. The van der Waals surface area contributed by atoms with Crippen molar-refractivity contribution in [3.63, 3.8) is 0 Å². The van der Waals surface area contributed by atoms with Crippen molar-refractivity contribution in [1.29, 1.82) is 0 Å². The standard InChI is InChI=1S/C21H25N3O3/c1-14-19(25)24(13-15-8-6-5-7-9-15)17-11-10-16(12-18(17)27-14)22-20(26)23-21(2,3)4/h5-12,14H,13H2,1-4H3,(H2,22,23,26)/t14-/m0/s1. The Morgan fingerprint density at radius 3 is 2.52 bits per heavy atom. The summed E-state index contributed by atoms with van der Waals surface area (Å²) in [6.07, 6.45) is -0.583. The van der Waals surface area contributed by atoms with Crippen LogP contribution in [0.15, 0.2) is 48.5 Å². The van der Waals surface area contributed by atoms with Gasteiger partial charge in [0.1, 0.15) is 5.75 Å². The van der Waals surface area contributed by atoms with Crippen molar-refractivity contribution in [2.75, 3.05) is 10.2 Å². The molecule has 0 unspecified atom stereocenters. The van der Waals surface area contributed by atoms with E-state index in [1.807, 2.05) is 51.1 Å². The van der Waals surface area contributed by atoms with Gasteiger partial charge < -0.3 is 20.3 Å². The molecule has 2 aromatic carbocycles. The number of carbonyl (C=O) groups is 2. The van der Waals surface area contributed by atoms with E-state index in [0.717, 1.165) is 5.56 Å². The molecule has 0 aromatic heterocycles. The van der Waals surface area contributed by atoms with E-state index < -0.39 is 6.10 Å². The Morgan fingerprint density at radius 2 is 1.85 bits per heavy atom. The minimum absolute atomic E-state index is 0.0856. The first kappa shape index (κ1) is 18.8. The number of urea groups is 1. The molecule has 1 aliphatic heterocycles. The number of benzene rings is 2. The van der Waals surface area contributed by atoms with Crippen LogP contribution in [0, 0.1) is 0 Å². The summed E-state index contributed by atoms with van der Waals surface area (Å²) >= 11 is 0. The Balaban J connectivity index is 1.83. The first-order valence-corrected chi connectivity index (χ1v) is 8.98. The molecule has 0 bridgehead atoms. The van der Waals surface area contributed by atoms with E-state index in [-0.39, 0.29) is 17.5 Å². The molecule has 27 heavy (non-hydrogen) atoms. The lowest BCUT2D eigenvalue weighted by atomic mass is 10.1. The fourth-order valence-electron chi connectivity index (χ4n) is 2.92. The fourth-order valence-corrected chi connectivity index (χ4v) is 2.92. The molecule has 0 spiro atoms. The molecule has 142 valence electrons. The zero-order chi connectivity index (χ0) is 19.6. The Labute approximate surface area is 159 Å². The lowest BCUT2D eigenvalue weighted by Crippen LogP contribution is -2.44. The summed E-state index contributed by atoms with van der Waals surface area (Å²) in [5.74, 6) is 0.490. The van der Waals surface area contributed by atoms with Crippen LogP contribution in [0.3, 0.4) is 0 Å². The minimum Gasteiger partial charge on any atom is -0.479 e. The maximum absolute atomic E-state index is 12.6. The van der Waals surface area contributed by atoms with Gasteiger partial charge in [0.25, 0.3) is 5.91 Å². The van der Waals surface area contributed by atoms with E-state index in [4.69, 9.17) is 4.74 Å². The maximum Gasteiger partial charge on any atom is 0.319 e. The van der Waals surface area contributed by atoms with E-state index in [1.54, 1.807) is 30.0 Å². The van der Waals surface area contributed by atoms with Crippen molar-refractivity contribution in [2.24, 2.45) is 0 Å². The number of nitrogens with zero attached hydrogens (tertiary/aromatic N) is 1. The monoisotopic (exact) mass is 367 g/mol. The average molecular weight is 367 g/mol. The molecule has 0 saturated heterocycles. The van der Waals surface area contributed by atoms with Crippen molar-refractivity contribution in [3.05, 3.63) is 54.1 Å².